The van der Waals surface area contributed by atoms with Crippen molar-refractivity contribution in [2.45, 2.75) is 27.3 Å². The Morgan fingerprint density at radius 3 is 2.81 bits per heavy atom. The van der Waals surface area contributed by atoms with Crippen molar-refractivity contribution in [3.8, 4) is 5.82 Å². The first kappa shape index (κ1) is 13.8. The summed E-state index contributed by atoms with van der Waals surface area (Å²) in [5.74, 6) is 2.53. The summed E-state index contributed by atoms with van der Waals surface area (Å²) in [5, 5.41) is 3.51. The summed E-state index contributed by atoms with van der Waals surface area (Å²) in [6.07, 6.45) is 5.83. The number of imidazole rings is 2. The van der Waals surface area contributed by atoms with Crippen LogP contribution in [0.5, 0.6) is 0 Å². The van der Waals surface area contributed by atoms with Crippen molar-refractivity contribution in [1.29, 1.82) is 0 Å². The van der Waals surface area contributed by atoms with Crippen molar-refractivity contribution in [1.82, 2.24) is 24.3 Å². The van der Waals surface area contributed by atoms with Crippen LogP contribution in [0.15, 0.2) is 36.8 Å². The number of nitrogens with zero attached hydrogens (tertiary/aromatic N) is 4. The molecular formula is C16H21N5. The topological polar surface area (TPSA) is 47.2 Å². The number of aryl methyl sites for hydroxylation is 1. The van der Waals surface area contributed by atoms with Crippen LogP contribution in [0, 0.1) is 12.8 Å². The molecule has 0 unspecified atom stereocenters. The maximum Gasteiger partial charge on any atom is 0.161 e. The molecule has 0 saturated heterocycles. The molecule has 0 radical (unpaired) electrons. The fourth-order valence-electron chi connectivity index (χ4n) is 2.47. The van der Waals surface area contributed by atoms with Crippen LogP contribution in [-0.4, -0.2) is 25.5 Å². The van der Waals surface area contributed by atoms with Crippen molar-refractivity contribution in [3.63, 3.8) is 0 Å². The summed E-state index contributed by atoms with van der Waals surface area (Å²) < 4.78 is 4.18. The zero-order chi connectivity index (χ0) is 14.8. The second-order valence-electron chi connectivity index (χ2n) is 5.68. The molecule has 3 aromatic heterocycles. The Kier molecular flexibility index (Phi) is 3.75. The predicted molar refractivity (Wildman–Crippen MR) is 83.6 cm³/mol. The van der Waals surface area contributed by atoms with E-state index in [2.05, 4.69) is 34.7 Å². The average Bonchev–Trinajstić information content (AvgIpc) is 3.02. The van der Waals surface area contributed by atoms with Gasteiger partial charge in [-0.1, -0.05) is 19.9 Å². The van der Waals surface area contributed by atoms with E-state index in [4.69, 9.17) is 4.98 Å². The van der Waals surface area contributed by atoms with E-state index >= 15 is 0 Å². The number of pyridine rings is 1. The minimum Gasteiger partial charge on any atom is -0.311 e. The van der Waals surface area contributed by atoms with E-state index in [0.717, 1.165) is 36.1 Å². The molecule has 3 aromatic rings. The molecule has 3 rings (SSSR count). The molecule has 0 aliphatic rings. The van der Waals surface area contributed by atoms with Crippen molar-refractivity contribution in [2.75, 3.05) is 6.54 Å². The highest BCUT2D eigenvalue weighted by Crippen LogP contribution is 2.18. The Morgan fingerprint density at radius 2 is 2.10 bits per heavy atom. The van der Waals surface area contributed by atoms with Gasteiger partial charge in [0.05, 0.1) is 5.69 Å². The fraction of sp³-hybridized carbons (Fsp3) is 0.375. The minimum absolute atomic E-state index is 0.627. The van der Waals surface area contributed by atoms with Gasteiger partial charge >= 0.3 is 0 Å². The first-order valence-electron chi connectivity index (χ1n) is 7.34. The van der Waals surface area contributed by atoms with Gasteiger partial charge in [-0.15, -0.1) is 0 Å². The van der Waals surface area contributed by atoms with Gasteiger partial charge in [-0.05, 0) is 31.5 Å². The zero-order valence-corrected chi connectivity index (χ0v) is 12.7. The van der Waals surface area contributed by atoms with Crippen LogP contribution < -0.4 is 5.32 Å². The Bertz CT molecular complexity index is 738. The van der Waals surface area contributed by atoms with Crippen LogP contribution in [0.1, 0.15) is 25.4 Å². The summed E-state index contributed by atoms with van der Waals surface area (Å²) in [4.78, 5) is 9.07. The minimum atomic E-state index is 0.627. The molecule has 0 aromatic carbocycles. The van der Waals surface area contributed by atoms with Gasteiger partial charge in [-0.3, -0.25) is 4.57 Å². The molecule has 0 aliphatic heterocycles. The summed E-state index contributed by atoms with van der Waals surface area (Å²) in [7, 11) is 0. The summed E-state index contributed by atoms with van der Waals surface area (Å²) >= 11 is 0. The normalized spacial score (nSPS) is 11.6. The predicted octanol–water partition coefficient (Wildman–Crippen LogP) is 2.57. The third-order valence-corrected chi connectivity index (χ3v) is 3.51. The number of hydrogen-bond donors (Lipinski definition) is 1. The van der Waals surface area contributed by atoms with Crippen molar-refractivity contribution in [3.05, 3.63) is 48.3 Å². The molecule has 5 heteroatoms. The number of hydrogen-bond acceptors (Lipinski definition) is 3. The average molecular weight is 283 g/mol. The quantitative estimate of drug-likeness (QED) is 0.783. The number of aromatic nitrogens is 4. The lowest BCUT2D eigenvalue weighted by atomic mass is 10.2. The number of nitrogens with one attached hydrogen (secondary N) is 1. The first-order chi connectivity index (χ1) is 10.2. The molecule has 0 bridgehead atoms. The second kappa shape index (κ2) is 5.69. The molecule has 5 nitrogen and oxygen atoms in total. The molecule has 110 valence electrons. The summed E-state index contributed by atoms with van der Waals surface area (Å²) in [6, 6.07) is 6.07. The number of fused-ring (bicyclic) bond motifs is 1. The Labute approximate surface area is 124 Å². The molecule has 0 aliphatic carbocycles. The van der Waals surface area contributed by atoms with Crippen molar-refractivity contribution >= 4 is 5.65 Å². The maximum absolute atomic E-state index is 4.76. The highest BCUT2D eigenvalue weighted by atomic mass is 15.2. The second-order valence-corrected chi connectivity index (χ2v) is 5.68. The van der Waals surface area contributed by atoms with Crippen LogP contribution in [-0.2, 0) is 6.54 Å². The van der Waals surface area contributed by atoms with E-state index < -0.39 is 0 Å². The maximum atomic E-state index is 4.76. The lowest BCUT2D eigenvalue weighted by molar-refractivity contribution is 0.546. The van der Waals surface area contributed by atoms with Gasteiger partial charge in [-0.25, -0.2) is 9.97 Å². The van der Waals surface area contributed by atoms with E-state index in [1.165, 1.54) is 0 Å². The monoisotopic (exact) mass is 283 g/mol. The van der Waals surface area contributed by atoms with Crippen LogP contribution in [0.2, 0.25) is 0 Å². The van der Waals surface area contributed by atoms with E-state index in [9.17, 15) is 0 Å². The van der Waals surface area contributed by atoms with E-state index in [-0.39, 0.29) is 0 Å². The molecule has 0 saturated carbocycles. The van der Waals surface area contributed by atoms with Crippen LogP contribution in [0.4, 0.5) is 0 Å². The standard InChI is InChI=1S/C16H21N5/c1-12(2)10-17-11-14-16(20-9-7-18-13(20)3)19-15-6-4-5-8-21(14)15/h4-9,12,17H,10-11H2,1-3H3. The van der Waals surface area contributed by atoms with Gasteiger partial charge in [0.25, 0.3) is 0 Å². The van der Waals surface area contributed by atoms with Crippen molar-refractivity contribution in [2.24, 2.45) is 5.92 Å². The Morgan fingerprint density at radius 1 is 1.24 bits per heavy atom. The van der Waals surface area contributed by atoms with E-state index in [1.807, 2.05) is 42.1 Å². The Balaban J connectivity index is 2.04. The van der Waals surface area contributed by atoms with Crippen LogP contribution >= 0.6 is 0 Å². The van der Waals surface area contributed by atoms with Gasteiger partial charge in [0.2, 0.25) is 0 Å². The first-order valence-corrected chi connectivity index (χ1v) is 7.34. The van der Waals surface area contributed by atoms with Gasteiger partial charge in [0.1, 0.15) is 11.5 Å². The smallest absolute Gasteiger partial charge is 0.161 e. The van der Waals surface area contributed by atoms with Crippen LogP contribution in [0.3, 0.4) is 0 Å². The van der Waals surface area contributed by atoms with Crippen LogP contribution in [0.25, 0.3) is 11.5 Å². The highest BCUT2D eigenvalue weighted by Gasteiger charge is 2.14. The molecule has 0 atom stereocenters. The molecule has 3 heterocycles. The third kappa shape index (κ3) is 2.69. The van der Waals surface area contributed by atoms with E-state index in [0.29, 0.717) is 5.92 Å². The SMILES string of the molecule is Cc1nccn1-c1nc2ccccn2c1CNCC(C)C. The molecule has 1 N–H and O–H groups in total. The lowest BCUT2D eigenvalue weighted by Crippen LogP contribution is -2.21. The summed E-state index contributed by atoms with van der Waals surface area (Å²) in [6.45, 7) is 8.19. The van der Waals surface area contributed by atoms with Gasteiger partial charge < -0.3 is 9.72 Å². The van der Waals surface area contributed by atoms with Gasteiger partial charge in [0, 0.05) is 25.1 Å². The summed E-state index contributed by atoms with van der Waals surface area (Å²) in [5.41, 5.74) is 2.12. The molecule has 0 fully saturated rings. The molecular weight excluding hydrogens is 262 g/mol. The largest absolute Gasteiger partial charge is 0.311 e. The molecule has 0 spiro atoms. The fourth-order valence-corrected chi connectivity index (χ4v) is 2.47. The molecule has 0 amide bonds. The van der Waals surface area contributed by atoms with E-state index in [1.54, 1.807) is 0 Å². The van der Waals surface area contributed by atoms with Gasteiger partial charge in [-0.2, -0.15) is 0 Å². The zero-order valence-electron chi connectivity index (χ0n) is 12.7. The molecule has 21 heavy (non-hydrogen) atoms. The Hall–Kier alpha value is -2.14. The third-order valence-electron chi connectivity index (χ3n) is 3.51. The highest BCUT2D eigenvalue weighted by molar-refractivity contribution is 5.49. The van der Waals surface area contributed by atoms with Crippen molar-refractivity contribution < 1.29 is 0 Å². The lowest BCUT2D eigenvalue weighted by Gasteiger charge is -2.10. The number of rotatable bonds is 5. The van der Waals surface area contributed by atoms with Gasteiger partial charge in [0.15, 0.2) is 5.82 Å².